The smallest absolute Gasteiger partial charge is 0.220 e. The molecule has 0 bridgehead atoms. The highest BCUT2D eigenvalue weighted by molar-refractivity contribution is 5.80. The van der Waals surface area contributed by atoms with Crippen molar-refractivity contribution in [1.29, 1.82) is 0 Å². The Morgan fingerprint density at radius 2 is 0.670 bits per heavy atom. The van der Waals surface area contributed by atoms with Gasteiger partial charge in [-0.3, -0.25) is 24.0 Å². The van der Waals surface area contributed by atoms with Crippen molar-refractivity contribution in [2.45, 2.75) is 340 Å². The summed E-state index contributed by atoms with van der Waals surface area (Å²) in [6, 6.07) is 0. The van der Waals surface area contributed by atoms with E-state index in [1.54, 1.807) is 20.8 Å². The van der Waals surface area contributed by atoms with E-state index in [9.17, 15) is 69.9 Å². The molecule has 100 heavy (non-hydrogen) atoms. The maximum atomic E-state index is 13.8. The van der Waals surface area contributed by atoms with Gasteiger partial charge in [-0.2, -0.15) is 0 Å². The van der Waals surface area contributed by atoms with Gasteiger partial charge in [-0.05, 0) is 65.2 Å². The number of ketones is 3. The number of aliphatic hydroxyl groups is 9. The van der Waals surface area contributed by atoms with Gasteiger partial charge in [-0.1, -0.05) is 138 Å². The highest BCUT2D eigenvalue weighted by Crippen LogP contribution is 2.30. The van der Waals surface area contributed by atoms with Gasteiger partial charge < -0.3 is 104 Å². The number of aliphatic hydroxyl groups excluding tert-OH is 9. The Balaban J connectivity index is -0.00000276. The van der Waals surface area contributed by atoms with E-state index in [1.165, 1.54) is 0 Å². The number of carbonyl (C=O) groups excluding carboxylic acids is 5. The Morgan fingerprint density at radius 1 is 0.370 bits per heavy atom. The third kappa shape index (κ3) is 43.6. The van der Waals surface area contributed by atoms with Crippen molar-refractivity contribution in [2.75, 3.05) is 92.4 Å². The highest BCUT2D eigenvalue weighted by Gasteiger charge is 2.45. The molecule has 0 aromatic carbocycles. The van der Waals surface area contributed by atoms with Crippen LogP contribution in [0, 0.1) is 17.8 Å². The third-order valence-corrected chi connectivity index (χ3v) is 17.2. The summed E-state index contributed by atoms with van der Waals surface area (Å²) in [5.74, 6) is -1.99. The van der Waals surface area contributed by atoms with Crippen LogP contribution in [0.15, 0.2) is 0 Å². The second-order valence-electron chi connectivity index (χ2n) is 25.7. The van der Waals surface area contributed by atoms with Gasteiger partial charge in [0.1, 0.15) is 59.5 Å². The molecule has 3 fully saturated rings. The summed E-state index contributed by atoms with van der Waals surface area (Å²) in [5.41, 5.74) is -1.31. The first-order chi connectivity index (χ1) is 44.2. The summed E-state index contributed by atoms with van der Waals surface area (Å²) < 4.78 is 58.4. The fourth-order valence-electron chi connectivity index (χ4n) is 11.1. The van der Waals surface area contributed by atoms with Crippen LogP contribution in [0.4, 0.5) is 0 Å². The minimum atomic E-state index is -1.31. The first kappa shape index (κ1) is 108. The predicted octanol–water partition coefficient (Wildman–Crippen LogP) is 8.26. The molecule has 0 aromatic heterocycles. The van der Waals surface area contributed by atoms with E-state index >= 15 is 0 Å². The summed E-state index contributed by atoms with van der Waals surface area (Å²) in [4.78, 5) is 65.8. The maximum Gasteiger partial charge on any atom is 0.220 e. The van der Waals surface area contributed by atoms with Crippen molar-refractivity contribution in [3.05, 3.63) is 0 Å². The Morgan fingerprint density at radius 3 is 0.980 bits per heavy atom. The van der Waals surface area contributed by atoms with Gasteiger partial charge in [0.2, 0.25) is 11.8 Å². The average Bonchev–Trinajstić information content (AvgIpc) is 0.836. The van der Waals surface area contributed by atoms with Crippen molar-refractivity contribution in [3.63, 3.8) is 0 Å². The molecule has 6 unspecified atom stereocenters. The molecule has 0 aliphatic carbocycles. The van der Waals surface area contributed by atoms with Gasteiger partial charge in [0.05, 0.1) is 83.9 Å². The van der Waals surface area contributed by atoms with Crippen molar-refractivity contribution in [2.24, 2.45) is 17.8 Å². The van der Waals surface area contributed by atoms with Crippen LogP contribution >= 0.6 is 0 Å². The zero-order chi connectivity index (χ0) is 67.7. The molecule has 0 spiro atoms. The number of rotatable bonds is 55. The molecule has 3 heterocycles. The summed E-state index contributed by atoms with van der Waals surface area (Å²) >= 11 is 0. The normalized spacial score (nSPS) is 25.2. The standard InChI is InChI=1S/C66H120N2O24.8CH4/c1-45(2)86-35-22-31-67-55(75)26-21-27-56(76)68-66(42-83-36-28-49(72)23-15-9-6-12-18-32-87-63-46(3)57(77)60(80)52(39-69)90-63,43-84-37-29-50(73)24-16-10-7-13-19-33-88-64-47(4)58(78)61(81)53(40-70)91-64)44-85-38-30-51(74)25-17-11-8-14-20-34-89-65-48(5)59(79)62(82)54(41-71)92-65;;;;;;;;/h45-48,52-54,57-65,69-71,77-82H,6-44H2,1-5H3,(H,67,75)(H,68,76);8*1H4/t46?,47?,48?,52?,53?,54?,57-,58-,59-,60+,61+,62+,63-,64-,65-,66?;;;;;;;;/m1......../s1. The molecule has 11 N–H and O–H groups in total. The Bertz CT molecular complexity index is 1800. The quantitative estimate of drug-likeness (QED) is 0.0255. The molecular formula is C74H152N2O24. The van der Waals surface area contributed by atoms with E-state index in [0.29, 0.717) is 77.9 Å². The number of unbranched alkanes of at least 4 members (excludes halogenated alkanes) is 12. The highest BCUT2D eigenvalue weighted by atomic mass is 16.7. The van der Waals surface area contributed by atoms with Gasteiger partial charge in [0.25, 0.3) is 0 Å². The van der Waals surface area contributed by atoms with Crippen LogP contribution in [-0.2, 0) is 71.3 Å². The summed E-state index contributed by atoms with van der Waals surface area (Å²) in [7, 11) is 0. The number of hydrogen-bond donors (Lipinski definition) is 11. The summed E-state index contributed by atoms with van der Waals surface area (Å²) in [6.45, 7) is 9.51. The second-order valence-corrected chi connectivity index (χ2v) is 25.7. The van der Waals surface area contributed by atoms with E-state index in [1.807, 2.05) is 13.8 Å². The van der Waals surface area contributed by atoms with Crippen LogP contribution in [-0.4, -0.2) is 253 Å². The first-order valence-electron chi connectivity index (χ1n) is 34.4. The van der Waals surface area contributed by atoms with Crippen molar-refractivity contribution in [3.8, 4) is 0 Å². The number of nitrogens with one attached hydrogen (secondary N) is 2. The molecule has 26 heteroatoms. The number of carbonyl (C=O) groups is 5. The van der Waals surface area contributed by atoms with Crippen LogP contribution in [0.25, 0.3) is 0 Å². The average molecular weight is 1450 g/mol. The number of Topliss-reactive ketones (excluding diaryl/α,β-unsaturated/α-hetero) is 3. The minimum Gasteiger partial charge on any atom is -0.394 e. The van der Waals surface area contributed by atoms with Gasteiger partial charge in [-0.25, -0.2) is 0 Å². The predicted molar refractivity (Wildman–Crippen MR) is 390 cm³/mol. The molecular weight excluding hydrogens is 1300 g/mol. The minimum absolute atomic E-state index is 0. The molecule has 3 aliphatic heterocycles. The van der Waals surface area contributed by atoms with Crippen LogP contribution in [0.1, 0.15) is 255 Å². The van der Waals surface area contributed by atoms with E-state index in [-0.39, 0.29) is 167 Å². The Kier molecular flexibility index (Phi) is 68.6. The molecule has 3 aliphatic rings. The van der Waals surface area contributed by atoms with E-state index < -0.39 is 123 Å². The lowest BCUT2D eigenvalue weighted by molar-refractivity contribution is -0.282. The second kappa shape index (κ2) is 63.5. The first-order valence-corrected chi connectivity index (χ1v) is 34.4. The lowest BCUT2D eigenvalue weighted by Crippen LogP contribution is -2.58. The molecule has 26 nitrogen and oxygen atoms in total. The van der Waals surface area contributed by atoms with Crippen LogP contribution in [0.2, 0.25) is 0 Å². The van der Waals surface area contributed by atoms with Gasteiger partial charge in [-0.15, -0.1) is 0 Å². The number of hydrogen-bond acceptors (Lipinski definition) is 24. The third-order valence-electron chi connectivity index (χ3n) is 17.2. The zero-order valence-corrected chi connectivity index (χ0v) is 56.0. The lowest BCUT2D eigenvalue weighted by atomic mass is 9.92. The molecule has 602 valence electrons. The topological polar surface area (TPSA) is 384 Å². The van der Waals surface area contributed by atoms with Gasteiger partial charge in [0.15, 0.2) is 18.9 Å². The molecule has 0 radical (unpaired) electrons. The van der Waals surface area contributed by atoms with Gasteiger partial charge >= 0.3 is 0 Å². The monoisotopic (exact) mass is 1450 g/mol. The van der Waals surface area contributed by atoms with Gasteiger partial charge in [0, 0.05) is 102 Å². The lowest BCUT2D eigenvalue weighted by Gasteiger charge is -2.40. The number of amides is 2. The van der Waals surface area contributed by atoms with Crippen molar-refractivity contribution >= 4 is 29.2 Å². The van der Waals surface area contributed by atoms with Crippen LogP contribution in [0.3, 0.4) is 0 Å². The molecule has 0 saturated carbocycles. The summed E-state index contributed by atoms with van der Waals surface area (Å²) in [6.07, 6.45) is 2.38. The van der Waals surface area contributed by atoms with E-state index in [2.05, 4.69) is 10.6 Å². The van der Waals surface area contributed by atoms with Crippen LogP contribution < -0.4 is 10.6 Å². The van der Waals surface area contributed by atoms with E-state index in [4.69, 9.17) is 47.4 Å². The van der Waals surface area contributed by atoms with Crippen molar-refractivity contribution in [1.82, 2.24) is 10.6 Å². The largest absolute Gasteiger partial charge is 0.394 e. The van der Waals surface area contributed by atoms with Crippen LogP contribution in [0.5, 0.6) is 0 Å². The molecule has 3 rings (SSSR count). The molecule has 15 atom stereocenters. The van der Waals surface area contributed by atoms with E-state index in [0.717, 1.165) is 77.0 Å². The zero-order valence-electron chi connectivity index (χ0n) is 56.0. The van der Waals surface area contributed by atoms with Crippen molar-refractivity contribution < 1.29 is 117 Å². The molecule has 2 amide bonds. The fraction of sp³-hybridized carbons (Fsp3) is 0.932. The SMILES string of the molecule is C.C.C.C.C.C.C.C.CC(C)OCCCNC(=O)CCCC(=O)NC(COCCC(=O)CCCCCCCO[C@@H]1OC(CO)[C@H](O)[C@H](O)C1C)(COCCC(=O)CCCCCCCO[C@@H]1OC(CO)[C@H](O)[C@H](O)C1C)COCCC(=O)CCCCCCCO[C@@H]1OC(CO)[C@H](O)[C@H](O)C1C. The summed E-state index contributed by atoms with van der Waals surface area (Å²) in [5, 5.41) is 95.7. The number of ether oxygens (including phenoxy) is 10. The molecule has 0 aromatic rings. The Labute approximate surface area is 605 Å². The fourth-order valence-corrected chi connectivity index (χ4v) is 11.1. The molecule has 3 saturated heterocycles. The maximum absolute atomic E-state index is 13.8. The Hall–Kier alpha value is -2.81.